The zero-order valence-corrected chi connectivity index (χ0v) is 11.8. The maximum absolute atomic E-state index is 12.0. The van der Waals surface area contributed by atoms with Crippen LogP contribution in [0.2, 0.25) is 5.02 Å². The number of carbonyl (C=O) groups excluding carboxylic acids is 1. The molecule has 0 bridgehead atoms. The third-order valence-electron chi connectivity index (χ3n) is 3.15. The first-order valence-electron chi connectivity index (χ1n) is 6.51. The minimum Gasteiger partial charge on any atom is -0.299 e. The summed E-state index contributed by atoms with van der Waals surface area (Å²) in [6.07, 6.45) is 1.98. The van der Waals surface area contributed by atoms with Crippen LogP contribution in [0.5, 0.6) is 0 Å². The SMILES string of the molecule is CCc1ccc(CC(=O)Cc2ccc(Cl)cc2)cc1. The van der Waals surface area contributed by atoms with Gasteiger partial charge in [-0.15, -0.1) is 0 Å². The number of carbonyl (C=O) groups is 1. The van der Waals surface area contributed by atoms with Crippen LogP contribution in [0.1, 0.15) is 23.6 Å². The van der Waals surface area contributed by atoms with Crippen molar-refractivity contribution in [3.63, 3.8) is 0 Å². The van der Waals surface area contributed by atoms with Crippen molar-refractivity contribution in [3.05, 3.63) is 70.2 Å². The molecule has 0 N–H and O–H groups in total. The molecule has 2 heteroatoms. The standard InChI is InChI=1S/C17H17ClO/c1-2-13-3-5-14(6-4-13)11-17(19)12-15-7-9-16(18)10-8-15/h3-10H,2,11-12H2,1H3. The summed E-state index contributed by atoms with van der Waals surface area (Å²) in [5, 5.41) is 0.700. The molecule has 1 nitrogen and oxygen atoms in total. The summed E-state index contributed by atoms with van der Waals surface area (Å²) in [6.45, 7) is 2.13. The second-order valence-electron chi connectivity index (χ2n) is 4.69. The van der Waals surface area contributed by atoms with Gasteiger partial charge in [0.05, 0.1) is 0 Å². The molecular formula is C17H17ClO. The van der Waals surface area contributed by atoms with E-state index in [1.807, 2.05) is 36.4 Å². The predicted octanol–water partition coefficient (Wildman–Crippen LogP) is 4.26. The highest BCUT2D eigenvalue weighted by atomic mass is 35.5. The maximum atomic E-state index is 12.0. The van der Waals surface area contributed by atoms with Gasteiger partial charge in [0.1, 0.15) is 5.78 Å². The Morgan fingerprint density at radius 3 is 1.74 bits per heavy atom. The predicted molar refractivity (Wildman–Crippen MR) is 79.7 cm³/mol. The van der Waals surface area contributed by atoms with Gasteiger partial charge in [-0.1, -0.05) is 54.9 Å². The Labute approximate surface area is 119 Å². The highest BCUT2D eigenvalue weighted by Gasteiger charge is 2.05. The summed E-state index contributed by atoms with van der Waals surface area (Å²) < 4.78 is 0. The number of hydrogen-bond donors (Lipinski definition) is 0. The van der Waals surface area contributed by atoms with Gasteiger partial charge < -0.3 is 0 Å². The highest BCUT2D eigenvalue weighted by Crippen LogP contribution is 2.12. The van der Waals surface area contributed by atoms with Gasteiger partial charge in [0.15, 0.2) is 0 Å². The van der Waals surface area contributed by atoms with E-state index in [1.165, 1.54) is 5.56 Å². The lowest BCUT2D eigenvalue weighted by Crippen LogP contribution is -2.06. The van der Waals surface area contributed by atoms with Gasteiger partial charge in [-0.2, -0.15) is 0 Å². The van der Waals surface area contributed by atoms with Crippen LogP contribution in [0.25, 0.3) is 0 Å². The van der Waals surface area contributed by atoms with Crippen LogP contribution in [-0.2, 0) is 24.1 Å². The minimum absolute atomic E-state index is 0.228. The fourth-order valence-electron chi connectivity index (χ4n) is 2.01. The third kappa shape index (κ3) is 4.22. The Bertz CT molecular complexity index is 540. The minimum atomic E-state index is 0.228. The molecule has 0 aliphatic rings. The van der Waals surface area contributed by atoms with Crippen molar-refractivity contribution in [1.29, 1.82) is 0 Å². The van der Waals surface area contributed by atoms with E-state index in [-0.39, 0.29) is 5.78 Å². The molecule has 0 aliphatic carbocycles. The van der Waals surface area contributed by atoms with Crippen LogP contribution in [0, 0.1) is 0 Å². The molecule has 0 unspecified atom stereocenters. The smallest absolute Gasteiger partial charge is 0.141 e. The van der Waals surface area contributed by atoms with Crippen LogP contribution < -0.4 is 0 Å². The van der Waals surface area contributed by atoms with E-state index in [0.717, 1.165) is 17.5 Å². The topological polar surface area (TPSA) is 17.1 Å². The molecular weight excluding hydrogens is 256 g/mol. The fraction of sp³-hybridized carbons (Fsp3) is 0.235. The van der Waals surface area contributed by atoms with Gasteiger partial charge in [0, 0.05) is 17.9 Å². The lowest BCUT2D eigenvalue weighted by atomic mass is 10.0. The summed E-state index contributed by atoms with van der Waals surface area (Å²) >= 11 is 5.82. The summed E-state index contributed by atoms with van der Waals surface area (Å²) in [5.74, 6) is 0.228. The summed E-state index contributed by atoms with van der Waals surface area (Å²) in [6, 6.07) is 15.7. The molecule has 0 aromatic heterocycles. The zero-order chi connectivity index (χ0) is 13.7. The first-order valence-corrected chi connectivity index (χ1v) is 6.89. The average Bonchev–Trinajstić information content (AvgIpc) is 2.42. The maximum Gasteiger partial charge on any atom is 0.141 e. The van der Waals surface area contributed by atoms with Crippen LogP contribution in [0.3, 0.4) is 0 Å². The monoisotopic (exact) mass is 272 g/mol. The van der Waals surface area contributed by atoms with E-state index in [2.05, 4.69) is 19.1 Å². The largest absolute Gasteiger partial charge is 0.299 e. The van der Waals surface area contributed by atoms with Crippen molar-refractivity contribution < 1.29 is 4.79 Å². The quantitative estimate of drug-likeness (QED) is 0.795. The van der Waals surface area contributed by atoms with Gasteiger partial charge in [0.25, 0.3) is 0 Å². The second-order valence-corrected chi connectivity index (χ2v) is 5.13. The molecule has 2 aromatic rings. The number of benzene rings is 2. The fourth-order valence-corrected chi connectivity index (χ4v) is 2.14. The van der Waals surface area contributed by atoms with E-state index in [1.54, 1.807) is 0 Å². The molecule has 0 saturated heterocycles. The van der Waals surface area contributed by atoms with Crippen molar-refractivity contribution in [1.82, 2.24) is 0 Å². The molecule has 2 aromatic carbocycles. The van der Waals surface area contributed by atoms with E-state index < -0.39 is 0 Å². The van der Waals surface area contributed by atoms with E-state index in [4.69, 9.17) is 11.6 Å². The molecule has 19 heavy (non-hydrogen) atoms. The van der Waals surface area contributed by atoms with E-state index >= 15 is 0 Å². The van der Waals surface area contributed by atoms with Crippen molar-refractivity contribution in [3.8, 4) is 0 Å². The lowest BCUT2D eigenvalue weighted by molar-refractivity contribution is -0.117. The van der Waals surface area contributed by atoms with Crippen molar-refractivity contribution in [2.45, 2.75) is 26.2 Å². The Morgan fingerprint density at radius 1 is 0.842 bits per heavy atom. The van der Waals surface area contributed by atoms with Gasteiger partial charge in [0.2, 0.25) is 0 Å². The molecule has 0 fully saturated rings. The molecule has 98 valence electrons. The third-order valence-corrected chi connectivity index (χ3v) is 3.40. The van der Waals surface area contributed by atoms with E-state index in [0.29, 0.717) is 17.9 Å². The highest BCUT2D eigenvalue weighted by molar-refractivity contribution is 6.30. The number of halogens is 1. The van der Waals surface area contributed by atoms with Crippen LogP contribution >= 0.6 is 11.6 Å². The van der Waals surface area contributed by atoms with Gasteiger partial charge in [-0.3, -0.25) is 4.79 Å². The second kappa shape index (κ2) is 6.53. The molecule has 0 aliphatic heterocycles. The summed E-state index contributed by atoms with van der Waals surface area (Å²) in [5.41, 5.74) is 3.39. The molecule has 0 spiro atoms. The van der Waals surface area contributed by atoms with Crippen LogP contribution in [0.15, 0.2) is 48.5 Å². The molecule has 0 radical (unpaired) electrons. The average molecular weight is 273 g/mol. The molecule has 0 heterocycles. The van der Waals surface area contributed by atoms with Crippen molar-refractivity contribution in [2.75, 3.05) is 0 Å². The first kappa shape index (κ1) is 13.8. The van der Waals surface area contributed by atoms with Gasteiger partial charge in [-0.25, -0.2) is 0 Å². The van der Waals surface area contributed by atoms with Crippen molar-refractivity contribution in [2.24, 2.45) is 0 Å². The summed E-state index contributed by atoms with van der Waals surface area (Å²) in [7, 11) is 0. The number of rotatable bonds is 5. The molecule has 0 saturated carbocycles. The van der Waals surface area contributed by atoms with Gasteiger partial charge >= 0.3 is 0 Å². The van der Waals surface area contributed by atoms with Crippen LogP contribution in [-0.4, -0.2) is 5.78 Å². The normalized spacial score (nSPS) is 10.4. The number of Topliss-reactive ketones (excluding diaryl/α,β-unsaturated/α-hetero) is 1. The van der Waals surface area contributed by atoms with E-state index in [9.17, 15) is 4.79 Å². The Kier molecular flexibility index (Phi) is 4.75. The molecule has 0 amide bonds. The van der Waals surface area contributed by atoms with Crippen LogP contribution in [0.4, 0.5) is 0 Å². The Balaban J connectivity index is 1.95. The number of ketones is 1. The number of hydrogen-bond acceptors (Lipinski definition) is 1. The molecule has 2 rings (SSSR count). The Morgan fingerprint density at radius 2 is 1.26 bits per heavy atom. The van der Waals surface area contributed by atoms with Crippen molar-refractivity contribution >= 4 is 17.4 Å². The zero-order valence-electron chi connectivity index (χ0n) is 11.0. The number of aryl methyl sites for hydroxylation is 1. The van der Waals surface area contributed by atoms with Gasteiger partial charge in [-0.05, 0) is 35.2 Å². The Hall–Kier alpha value is -1.60. The first-order chi connectivity index (χ1) is 9.17. The molecule has 0 atom stereocenters. The lowest BCUT2D eigenvalue weighted by Gasteiger charge is -2.03. The summed E-state index contributed by atoms with van der Waals surface area (Å²) in [4.78, 5) is 12.0.